The van der Waals surface area contributed by atoms with E-state index in [1.54, 1.807) is 32.4 Å². The van der Waals surface area contributed by atoms with E-state index in [4.69, 9.17) is 14.2 Å². The van der Waals surface area contributed by atoms with Gasteiger partial charge >= 0.3 is 0 Å². The van der Waals surface area contributed by atoms with Crippen molar-refractivity contribution in [1.29, 1.82) is 0 Å². The lowest BCUT2D eigenvalue weighted by molar-refractivity contribution is -0.127. The van der Waals surface area contributed by atoms with Crippen molar-refractivity contribution >= 4 is 17.5 Å². The van der Waals surface area contributed by atoms with Gasteiger partial charge in [-0.15, -0.1) is 0 Å². The van der Waals surface area contributed by atoms with E-state index in [0.29, 0.717) is 30.3 Å². The average Bonchev–Trinajstić information content (AvgIpc) is 3.26. The largest absolute Gasteiger partial charge is 0.497 e. The van der Waals surface area contributed by atoms with Crippen molar-refractivity contribution < 1.29 is 23.8 Å². The third kappa shape index (κ3) is 6.08. The predicted octanol–water partition coefficient (Wildman–Crippen LogP) is 1.65. The normalized spacial score (nSPS) is 20.3. The Labute approximate surface area is 171 Å². The standard InChI is InChI=1S/C21H31N3O5/c1-27-16-5-6-18(19(12-16)28-2)23-20(25)14-24-9-7-15(8-10-24)21(26)22-13-17-4-3-11-29-17/h5-6,12,15,17H,3-4,7-11,13-14H2,1-2H3,(H,22,26)(H,23,25). The summed E-state index contributed by atoms with van der Waals surface area (Å²) in [5.41, 5.74) is 0.613. The molecule has 0 bridgehead atoms. The van der Waals surface area contributed by atoms with Gasteiger partial charge in [0.2, 0.25) is 11.8 Å². The molecule has 2 amide bonds. The molecule has 0 saturated carbocycles. The number of carbonyl (C=O) groups excluding carboxylic acids is 2. The van der Waals surface area contributed by atoms with Gasteiger partial charge in [-0.25, -0.2) is 0 Å². The van der Waals surface area contributed by atoms with E-state index in [2.05, 4.69) is 15.5 Å². The molecule has 2 saturated heterocycles. The number of amides is 2. The number of likely N-dealkylation sites (tertiary alicyclic amines) is 1. The van der Waals surface area contributed by atoms with E-state index in [9.17, 15) is 9.59 Å². The van der Waals surface area contributed by atoms with Gasteiger partial charge in [-0.05, 0) is 50.9 Å². The Hall–Kier alpha value is -2.32. The summed E-state index contributed by atoms with van der Waals surface area (Å²) in [6, 6.07) is 5.27. The fraction of sp³-hybridized carbons (Fsp3) is 0.619. The summed E-state index contributed by atoms with van der Waals surface area (Å²) in [5, 5.41) is 5.91. The van der Waals surface area contributed by atoms with Gasteiger partial charge in [0.25, 0.3) is 0 Å². The van der Waals surface area contributed by atoms with Gasteiger partial charge in [-0.3, -0.25) is 14.5 Å². The molecule has 2 aliphatic heterocycles. The second-order valence-electron chi connectivity index (χ2n) is 7.54. The second kappa shape index (κ2) is 10.5. The van der Waals surface area contributed by atoms with E-state index in [1.807, 2.05) is 0 Å². The van der Waals surface area contributed by atoms with Crippen LogP contribution < -0.4 is 20.1 Å². The fourth-order valence-electron chi connectivity index (χ4n) is 3.81. The van der Waals surface area contributed by atoms with Crippen molar-refractivity contribution in [2.75, 3.05) is 52.3 Å². The molecule has 2 N–H and O–H groups in total. The molecule has 1 atom stereocenters. The van der Waals surface area contributed by atoms with Gasteiger partial charge in [0.05, 0.1) is 32.6 Å². The van der Waals surface area contributed by atoms with Crippen molar-refractivity contribution in [3.8, 4) is 11.5 Å². The first-order valence-corrected chi connectivity index (χ1v) is 10.2. The molecule has 1 aromatic rings. The van der Waals surface area contributed by atoms with Crippen LogP contribution in [0.2, 0.25) is 0 Å². The lowest BCUT2D eigenvalue weighted by Crippen LogP contribution is -2.44. The number of nitrogens with zero attached hydrogens (tertiary/aromatic N) is 1. The van der Waals surface area contributed by atoms with E-state index in [1.165, 1.54) is 0 Å². The van der Waals surface area contributed by atoms with Crippen molar-refractivity contribution in [2.45, 2.75) is 31.8 Å². The molecule has 0 spiro atoms. The molecule has 0 aliphatic carbocycles. The number of carbonyl (C=O) groups is 2. The number of anilines is 1. The minimum absolute atomic E-state index is 0.0115. The fourth-order valence-corrected chi connectivity index (χ4v) is 3.81. The van der Waals surface area contributed by atoms with Crippen LogP contribution in [0.1, 0.15) is 25.7 Å². The first-order chi connectivity index (χ1) is 14.1. The molecule has 3 rings (SSSR count). The molecule has 8 nitrogen and oxygen atoms in total. The topological polar surface area (TPSA) is 89.1 Å². The molecule has 8 heteroatoms. The summed E-state index contributed by atoms with van der Waals surface area (Å²) in [6.07, 6.45) is 3.78. The lowest BCUT2D eigenvalue weighted by atomic mass is 9.96. The zero-order chi connectivity index (χ0) is 20.6. The number of benzene rings is 1. The summed E-state index contributed by atoms with van der Waals surface area (Å²) in [7, 11) is 3.14. The van der Waals surface area contributed by atoms with Crippen LogP contribution in [0.3, 0.4) is 0 Å². The van der Waals surface area contributed by atoms with Crippen LogP contribution in [0.4, 0.5) is 5.69 Å². The van der Waals surface area contributed by atoms with Crippen LogP contribution in [0.25, 0.3) is 0 Å². The monoisotopic (exact) mass is 405 g/mol. The smallest absolute Gasteiger partial charge is 0.238 e. The van der Waals surface area contributed by atoms with Crippen molar-refractivity contribution in [1.82, 2.24) is 10.2 Å². The van der Waals surface area contributed by atoms with Gasteiger partial charge in [-0.1, -0.05) is 0 Å². The molecule has 2 aliphatic rings. The van der Waals surface area contributed by atoms with Crippen molar-refractivity contribution in [3.63, 3.8) is 0 Å². The molecule has 160 valence electrons. The SMILES string of the molecule is COc1ccc(NC(=O)CN2CCC(C(=O)NCC3CCCO3)CC2)c(OC)c1. The van der Waals surface area contributed by atoms with Gasteiger partial charge in [0, 0.05) is 25.1 Å². The summed E-state index contributed by atoms with van der Waals surface area (Å²) < 4.78 is 16.0. The number of rotatable bonds is 8. The zero-order valence-corrected chi connectivity index (χ0v) is 17.2. The molecule has 1 unspecified atom stereocenters. The highest BCUT2D eigenvalue weighted by atomic mass is 16.5. The van der Waals surface area contributed by atoms with Crippen LogP contribution in [-0.4, -0.2) is 69.8 Å². The maximum absolute atomic E-state index is 12.4. The van der Waals surface area contributed by atoms with Gasteiger partial charge in [-0.2, -0.15) is 0 Å². The minimum Gasteiger partial charge on any atom is -0.497 e. The maximum Gasteiger partial charge on any atom is 0.238 e. The predicted molar refractivity (Wildman–Crippen MR) is 109 cm³/mol. The number of ether oxygens (including phenoxy) is 3. The molecular weight excluding hydrogens is 374 g/mol. The van der Waals surface area contributed by atoms with Crippen molar-refractivity contribution in [2.24, 2.45) is 5.92 Å². The summed E-state index contributed by atoms with van der Waals surface area (Å²) in [6.45, 7) is 3.14. The molecule has 0 aromatic heterocycles. The third-order valence-electron chi connectivity index (χ3n) is 5.54. The number of piperidine rings is 1. The van der Waals surface area contributed by atoms with Gasteiger partial charge < -0.3 is 24.8 Å². The molecular formula is C21H31N3O5. The Balaban J connectivity index is 1.41. The van der Waals surface area contributed by atoms with Crippen LogP contribution in [0.5, 0.6) is 11.5 Å². The number of hydrogen-bond acceptors (Lipinski definition) is 6. The second-order valence-corrected chi connectivity index (χ2v) is 7.54. The highest BCUT2D eigenvalue weighted by Crippen LogP contribution is 2.29. The first-order valence-electron chi connectivity index (χ1n) is 10.2. The van der Waals surface area contributed by atoms with E-state index >= 15 is 0 Å². The van der Waals surface area contributed by atoms with E-state index < -0.39 is 0 Å². The molecule has 2 fully saturated rings. The van der Waals surface area contributed by atoms with Crippen molar-refractivity contribution in [3.05, 3.63) is 18.2 Å². The molecule has 29 heavy (non-hydrogen) atoms. The van der Waals surface area contributed by atoms with E-state index in [-0.39, 0.29) is 23.8 Å². The van der Waals surface area contributed by atoms with Crippen LogP contribution in [-0.2, 0) is 14.3 Å². The Bertz CT molecular complexity index is 698. The van der Waals surface area contributed by atoms with Crippen LogP contribution in [0.15, 0.2) is 18.2 Å². The highest BCUT2D eigenvalue weighted by molar-refractivity contribution is 5.93. The quantitative estimate of drug-likeness (QED) is 0.684. The van der Waals surface area contributed by atoms with Gasteiger partial charge in [0.1, 0.15) is 11.5 Å². The molecule has 2 heterocycles. The number of hydrogen-bond donors (Lipinski definition) is 2. The zero-order valence-electron chi connectivity index (χ0n) is 17.2. The van der Waals surface area contributed by atoms with Gasteiger partial charge in [0.15, 0.2) is 0 Å². The Morgan fingerprint density at radius 1 is 1.17 bits per heavy atom. The van der Waals surface area contributed by atoms with E-state index in [0.717, 1.165) is 45.4 Å². The number of nitrogens with one attached hydrogen (secondary N) is 2. The summed E-state index contributed by atoms with van der Waals surface area (Å²) in [4.78, 5) is 26.9. The Kier molecular flexibility index (Phi) is 7.71. The maximum atomic E-state index is 12.4. The summed E-state index contributed by atoms with van der Waals surface area (Å²) >= 11 is 0. The van der Waals surface area contributed by atoms with Crippen LogP contribution in [0, 0.1) is 5.92 Å². The molecule has 1 aromatic carbocycles. The minimum atomic E-state index is -0.102. The highest BCUT2D eigenvalue weighted by Gasteiger charge is 2.27. The Morgan fingerprint density at radius 2 is 1.97 bits per heavy atom. The Morgan fingerprint density at radius 3 is 2.62 bits per heavy atom. The lowest BCUT2D eigenvalue weighted by Gasteiger charge is -2.31. The first kappa shape index (κ1) is 21.4. The number of methoxy groups -OCH3 is 2. The van der Waals surface area contributed by atoms with Crippen LogP contribution >= 0.6 is 0 Å². The third-order valence-corrected chi connectivity index (χ3v) is 5.54. The summed E-state index contributed by atoms with van der Waals surface area (Å²) in [5.74, 6) is 1.23. The molecule has 0 radical (unpaired) electrons. The average molecular weight is 405 g/mol.